The molecule has 6 heteroatoms. The van der Waals surface area contributed by atoms with Crippen LogP contribution < -0.4 is 15.5 Å². The van der Waals surface area contributed by atoms with Crippen LogP contribution >= 0.6 is 11.6 Å². The molecule has 104 valence electrons. The number of benzene rings is 1. The van der Waals surface area contributed by atoms with Crippen LogP contribution in [0.5, 0.6) is 0 Å². The van der Waals surface area contributed by atoms with Crippen molar-refractivity contribution in [1.82, 2.24) is 5.32 Å². The lowest BCUT2D eigenvalue weighted by molar-refractivity contribution is -0.120. The fraction of sp³-hybridized carbons (Fsp3) is 0.462. The molecule has 1 saturated heterocycles. The van der Waals surface area contributed by atoms with Crippen LogP contribution in [0.2, 0.25) is 5.02 Å². The summed E-state index contributed by atoms with van der Waals surface area (Å²) in [4.78, 5) is 13.9. The number of carbonyl (C=O) groups excluding carboxylic acids is 1. The van der Waals surface area contributed by atoms with Crippen LogP contribution in [0, 0.1) is 0 Å². The summed E-state index contributed by atoms with van der Waals surface area (Å²) in [5.41, 5.74) is 1.60. The average Bonchev–Trinajstić information content (AvgIpc) is 2.39. The zero-order valence-electron chi connectivity index (χ0n) is 11.1. The topological polar surface area (TPSA) is 53.6 Å². The molecule has 5 nitrogen and oxygen atoms in total. The molecule has 1 fully saturated rings. The summed E-state index contributed by atoms with van der Waals surface area (Å²) in [6.07, 6.45) is 0. The van der Waals surface area contributed by atoms with Crippen LogP contribution in [0.4, 0.5) is 11.4 Å². The number of hydrogen-bond acceptors (Lipinski definition) is 4. The summed E-state index contributed by atoms with van der Waals surface area (Å²) in [6, 6.07) is 5.16. The van der Waals surface area contributed by atoms with Gasteiger partial charge in [0.25, 0.3) is 0 Å². The number of nitrogens with zero attached hydrogens (tertiary/aromatic N) is 1. The third kappa shape index (κ3) is 3.59. The van der Waals surface area contributed by atoms with Crippen molar-refractivity contribution in [3.8, 4) is 0 Å². The molecule has 1 amide bonds. The maximum atomic E-state index is 12.0. The molecule has 0 spiro atoms. The van der Waals surface area contributed by atoms with Gasteiger partial charge in [-0.3, -0.25) is 4.79 Å². The summed E-state index contributed by atoms with van der Waals surface area (Å²) in [5.74, 6) is -0.103. The predicted octanol–water partition coefficient (Wildman–Crippen LogP) is 1.33. The zero-order chi connectivity index (χ0) is 13.8. The third-order valence-corrected chi connectivity index (χ3v) is 3.24. The second-order valence-corrected chi connectivity index (χ2v) is 5.04. The summed E-state index contributed by atoms with van der Waals surface area (Å²) >= 11 is 6.16. The average molecular weight is 284 g/mol. The normalized spacial score (nSPS) is 19.0. The van der Waals surface area contributed by atoms with E-state index < -0.39 is 0 Å². The number of rotatable bonds is 3. The Hall–Kier alpha value is -1.30. The molecule has 0 aliphatic carbocycles. The lowest BCUT2D eigenvalue weighted by atomic mass is 10.2. The van der Waals surface area contributed by atoms with E-state index in [1.54, 1.807) is 6.07 Å². The minimum atomic E-state index is -0.305. The molecule has 19 heavy (non-hydrogen) atoms. The quantitative estimate of drug-likeness (QED) is 0.879. The van der Waals surface area contributed by atoms with Gasteiger partial charge in [0, 0.05) is 26.3 Å². The Kier molecular flexibility index (Phi) is 4.63. The minimum Gasteiger partial charge on any atom is -0.378 e. The van der Waals surface area contributed by atoms with E-state index in [1.807, 2.05) is 31.1 Å². The number of amides is 1. The van der Waals surface area contributed by atoms with E-state index in [2.05, 4.69) is 10.6 Å². The molecule has 1 aliphatic rings. The first-order chi connectivity index (χ1) is 9.08. The van der Waals surface area contributed by atoms with E-state index in [9.17, 15) is 4.79 Å². The highest BCUT2D eigenvalue weighted by Crippen LogP contribution is 2.27. The van der Waals surface area contributed by atoms with E-state index >= 15 is 0 Å². The standard InChI is InChI=1S/C13H18ClN3O2/c1-17(2)12-4-3-9(7-10(12)14)16-13(18)11-8-19-6-5-15-11/h3-4,7,11,15H,5-6,8H2,1-2H3,(H,16,18). The molecule has 1 aliphatic heterocycles. The molecule has 0 bridgehead atoms. The van der Waals surface area contributed by atoms with Crippen molar-refractivity contribution in [2.75, 3.05) is 44.1 Å². The number of carbonyl (C=O) groups is 1. The number of ether oxygens (including phenoxy) is 1. The van der Waals surface area contributed by atoms with E-state index in [4.69, 9.17) is 16.3 Å². The van der Waals surface area contributed by atoms with Crippen LogP contribution in [0.1, 0.15) is 0 Å². The fourth-order valence-corrected chi connectivity index (χ4v) is 2.26. The van der Waals surface area contributed by atoms with Crippen molar-refractivity contribution in [1.29, 1.82) is 0 Å². The van der Waals surface area contributed by atoms with Gasteiger partial charge in [-0.2, -0.15) is 0 Å². The van der Waals surface area contributed by atoms with Crippen LogP contribution in [0.25, 0.3) is 0 Å². The Morgan fingerprint density at radius 3 is 2.89 bits per heavy atom. The molecular weight excluding hydrogens is 266 g/mol. The Bertz CT molecular complexity index is 459. The molecule has 0 aromatic heterocycles. The van der Waals surface area contributed by atoms with E-state index in [0.29, 0.717) is 30.5 Å². The Labute approximate surface area is 117 Å². The number of hydrogen-bond donors (Lipinski definition) is 2. The SMILES string of the molecule is CN(C)c1ccc(NC(=O)C2COCCN2)cc1Cl. The number of nitrogens with one attached hydrogen (secondary N) is 2. The molecule has 1 aromatic carbocycles. The molecule has 2 N–H and O–H groups in total. The van der Waals surface area contributed by atoms with Crippen molar-refractivity contribution in [2.45, 2.75) is 6.04 Å². The smallest absolute Gasteiger partial charge is 0.243 e. The molecule has 0 radical (unpaired) electrons. The van der Waals surface area contributed by atoms with Gasteiger partial charge in [0.2, 0.25) is 5.91 Å². The van der Waals surface area contributed by atoms with Gasteiger partial charge in [-0.05, 0) is 18.2 Å². The van der Waals surface area contributed by atoms with Crippen molar-refractivity contribution < 1.29 is 9.53 Å². The molecule has 2 rings (SSSR count). The van der Waals surface area contributed by atoms with Crippen molar-refractivity contribution in [3.63, 3.8) is 0 Å². The van der Waals surface area contributed by atoms with Gasteiger partial charge in [0.05, 0.1) is 23.9 Å². The number of morpholine rings is 1. The highest BCUT2D eigenvalue weighted by Gasteiger charge is 2.21. The van der Waals surface area contributed by atoms with Gasteiger partial charge < -0.3 is 20.3 Å². The third-order valence-electron chi connectivity index (χ3n) is 2.94. The summed E-state index contributed by atoms with van der Waals surface area (Å²) in [7, 11) is 3.84. The van der Waals surface area contributed by atoms with Gasteiger partial charge in [-0.1, -0.05) is 11.6 Å². The van der Waals surface area contributed by atoms with E-state index in [0.717, 1.165) is 5.69 Å². The maximum absolute atomic E-state index is 12.0. The van der Waals surface area contributed by atoms with Crippen LogP contribution in [-0.4, -0.2) is 45.8 Å². The van der Waals surface area contributed by atoms with Gasteiger partial charge in [0.15, 0.2) is 0 Å². The van der Waals surface area contributed by atoms with Crippen LogP contribution in [0.15, 0.2) is 18.2 Å². The van der Waals surface area contributed by atoms with Gasteiger partial charge >= 0.3 is 0 Å². The molecule has 1 atom stereocenters. The molecule has 1 aromatic rings. The van der Waals surface area contributed by atoms with Gasteiger partial charge in [-0.25, -0.2) is 0 Å². The second-order valence-electron chi connectivity index (χ2n) is 4.63. The highest BCUT2D eigenvalue weighted by atomic mass is 35.5. The Morgan fingerprint density at radius 1 is 1.53 bits per heavy atom. The van der Waals surface area contributed by atoms with Crippen molar-refractivity contribution >= 4 is 28.9 Å². The van der Waals surface area contributed by atoms with Crippen LogP contribution in [-0.2, 0) is 9.53 Å². The predicted molar refractivity (Wildman–Crippen MR) is 77.0 cm³/mol. The first-order valence-electron chi connectivity index (χ1n) is 6.17. The second kappa shape index (κ2) is 6.23. The number of halogens is 1. The van der Waals surface area contributed by atoms with Crippen LogP contribution in [0.3, 0.4) is 0 Å². The van der Waals surface area contributed by atoms with E-state index in [-0.39, 0.29) is 11.9 Å². The molecule has 0 saturated carbocycles. The Balaban J connectivity index is 2.02. The van der Waals surface area contributed by atoms with Gasteiger partial charge in [-0.15, -0.1) is 0 Å². The fourth-order valence-electron chi connectivity index (χ4n) is 1.91. The van der Waals surface area contributed by atoms with E-state index in [1.165, 1.54) is 0 Å². The maximum Gasteiger partial charge on any atom is 0.243 e. The molecular formula is C13H18ClN3O2. The molecule has 1 heterocycles. The molecule has 1 unspecified atom stereocenters. The van der Waals surface area contributed by atoms with Crippen molar-refractivity contribution in [3.05, 3.63) is 23.2 Å². The monoisotopic (exact) mass is 283 g/mol. The largest absolute Gasteiger partial charge is 0.378 e. The zero-order valence-corrected chi connectivity index (χ0v) is 11.8. The summed E-state index contributed by atoms with van der Waals surface area (Å²) in [5, 5.41) is 6.55. The summed E-state index contributed by atoms with van der Waals surface area (Å²) < 4.78 is 5.26. The minimum absolute atomic E-state index is 0.103. The number of anilines is 2. The first-order valence-corrected chi connectivity index (χ1v) is 6.54. The first kappa shape index (κ1) is 14.1. The van der Waals surface area contributed by atoms with Gasteiger partial charge in [0.1, 0.15) is 6.04 Å². The lowest BCUT2D eigenvalue weighted by Crippen LogP contribution is -2.48. The highest BCUT2D eigenvalue weighted by molar-refractivity contribution is 6.33. The van der Waals surface area contributed by atoms with Crippen molar-refractivity contribution in [2.24, 2.45) is 0 Å². The Morgan fingerprint density at radius 2 is 2.32 bits per heavy atom. The lowest BCUT2D eigenvalue weighted by Gasteiger charge is -2.23. The summed E-state index contributed by atoms with van der Waals surface area (Å²) in [6.45, 7) is 1.74.